The molecule has 2 heteroatoms. The molecule has 0 amide bonds. The van der Waals surface area contributed by atoms with E-state index in [-0.39, 0.29) is 0 Å². The van der Waals surface area contributed by atoms with Crippen molar-refractivity contribution in [1.82, 2.24) is 10.2 Å². The molecule has 2 fully saturated rings. The molecule has 0 bridgehead atoms. The minimum atomic E-state index is 0.551. The van der Waals surface area contributed by atoms with E-state index in [4.69, 9.17) is 0 Å². The van der Waals surface area contributed by atoms with E-state index in [0.717, 1.165) is 6.04 Å². The van der Waals surface area contributed by atoms with Crippen LogP contribution in [0.2, 0.25) is 0 Å². The van der Waals surface area contributed by atoms with Gasteiger partial charge in [0.1, 0.15) is 0 Å². The monoisotopic (exact) mass is 224 g/mol. The second-order valence-electron chi connectivity index (χ2n) is 5.92. The van der Waals surface area contributed by atoms with Crippen LogP contribution in [0.1, 0.15) is 58.8 Å². The van der Waals surface area contributed by atoms with Gasteiger partial charge in [0, 0.05) is 24.7 Å². The highest BCUT2D eigenvalue weighted by Crippen LogP contribution is 2.36. The molecule has 0 radical (unpaired) electrons. The quantitative estimate of drug-likeness (QED) is 0.790. The SMILES string of the molecule is CCCNC1CCN(C2(C)CCCC2)CC1. The first kappa shape index (κ1) is 12.4. The van der Waals surface area contributed by atoms with Crippen molar-refractivity contribution in [3.8, 4) is 0 Å². The fourth-order valence-electron chi connectivity index (χ4n) is 3.42. The van der Waals surface area contributed by atoms with Crippen LogP contribution in [0.5, 0.6) is 0 Å². The van der Waals surface area contributed by atoms with Gasteiger partial charge in [0.15, 0.2) is 0 Å². The second kappa shape index (κ2) is 5.50. The zero-order chi connectivity index (χ0) is 11.4. The number of hydrogen-bond acceptors (Lipinski definition) is 2. The largest absolute Gasteiger partial charge is 0.314 e. The van der Waals surface area contributed by atoms with Gasteiger partial charge in [0.05, 0.1) is 0 Å². The summed E-state index contributed by atoms with van der Waals surface area (Å²) in [5.41, 5.74) is 0.551. The van der Waals surface area contributed by atoms with Gasteiger partial charge in [0.2, 0.25) is 0 Å². The maximum absolute atomic E-state index is 3.67. The van der Waals surface area contributed by atoms with Crippen molar-refractivity contribution in [1.29, 1.82) is 0 Å². The highest BCUT2D eigenvalue weighted by atomic mass is 15.2. The Balaban J connectivity index is 1.76. The van der Waals surface area contributed by atoms with E-state index in [1.54, 1.807) is 0 Å². The molecule has 1 aliphatic carbocycles. The van der Waals surface area contributed by atoms with Crippen molar-refractivity contribution >= 4 is 0 Å². The highest BCUT2D eigenvalue weighted by Gasteiger charge is 2.36. The molecule has 0 unspecified atom stereocenters. The molecule has 0 aromatic carbocycles. The van der Waals surface area contributed by atoms with E-state index in [9.17, 15) is 0 Å². The maximum atomic E-state index is 3.67. The Hall–Kier alpha value is -0.0800. The summed E-state index contributed by atoms with van der Waals surface area (Å²) in [6, 6.07) is 0.793. The third-order valence-electron chi connectivity index (χ3n) is 4.62. The third-order valence-corrected chi connectivity index (χ3v) is 4.62. The molecule has 2 aliphatic rings. The van der Waals surface area contributed by atoms with Crippen LogP contribution in [0.3, 0.4) is 0 Å². The molecule has 1 saturated carbocycles. The Bertz CT molecular complexity index is 201. The number of rotatable bonds is 4. The standard InChI is InChI=1S/C14H28N2/c1-3-10-15-13-6-11-16(12-7-13)14(2)8-4-5-9-14/h13,15H,3-12H2,1-2H3. The van der Waals surface area contributed by atoms with E-state index in [2.05, 4.69) is 24.1 Å². The van der Waals surface area contributed by atoms with E-state index in [0.29, 0.717) is 5.54 Å². The normalized spacial score (nSPS) is 27.4. The molecule has 2 nitrogen and oxygen atoms in total. The first-order chi connectivity index (χ1) is 7.74. The molecule has 1 heterocycles. The fraction of sp³-hybridized carbons (Fsp3) is 1.00. The molecule has 0 atom stereocenters. The van der Waals surface area contributed by atoms with Crippen molar-refractivity contribution in [2.45, 2.75) is 70.4 Å². The van der Waals surface area contributed by atoms with Crippen LogP contribution in [-0.4, -0.2) is 36.1 Å². The summed E-state index contributed by atoms with van der Waals surface area (Å²) >= 11 is 0. The van der Waals surface area contributed by atoms with E-state index >= 15 is 0 Å². The van der Waals surface area contributed by atoms with Crippen LogP contribution in [0.25, 0.3) is 0 Å². The zero-order valence-electron chi connectivity index (χ0n) is 11.1. The lowest BCUT2D eigenvalue weighted by atomic mass is 9.93. The molecule has 2 rings (SSSR count). The predicted molar refractivity (Wildman–Crippen MR) is 69.8 cm³/mol. The summed E-state index contributed by atoms with van der Waals surface area (Å²) in [7, 11) is 0. The molecule has 0 aromatic heterocycles. The summed E-state index contributed by atoms with van der Waals surface area (Å²) in [5.74, 6) is 0. The molecule has 16 heavy (non-hydrogen) atoms. The molecule has 1 saturated heterocycles. The summed E-state index contributed by atoms with van der Waals surface area (Å²) in [6.45, 7) is 8.57. The van der Waals surface area contributed by atoms with Crippen molar-refractivity contribution in [2.24, 2.45) is 0 Å². The lowest BCUT2D eigenvalue weighted by Gasteiger charge is -2.43. The molecular formula is C14H28N2. The predicted octanol–water partition coefficient (Wildman–Crippen LogP) is 2.78. The number of nitrogens with zero attached hydrogens (tertiary/aromatic N) is 1. The number of hydrogen-bond donors (Lipinski definition) is 1. The van der Waals surface area contributed by atoms with Crippen molar-refractivity contribution in [2.75, 3.05) is 19.6 Å². The van der Waals surface area contributed by atoms with Crippen LogP contribution < -0.4 is 5.32 Å². The average molecular weight is 224 g/mol. The molecule has 0 spiro atoms. The van der Waals surface area contributed by atoms with Crippen molar-refractivity contribution < 1.29 is 0 Å². The van der Waals surface area contributed by atoms with E-state index in [1.807, 2.05) is 0 Å². The maximum Gasteiger partial charge on any atom is 0.0181 e. The van der Waals surface area contributed by atoms with Gasteiger partial charge in [-0.15, -0.1) is 0 Å². The smallest absolute Gasteiger partial charge is 0.0181 e. The molecular weight excluding hydrogens is 196 g/mol. The number of likely N-dealkylation sites (tertiary alicyclic amines) is 1. The summed E-state index contributed by atoms with van der Waals surface area (Å²) in [4.78, 5) is 2.77. The van der Waals surface area contributed by atoms with Crippen LogP contribution in [0, 0.1) is 0 Å². The third kappa shape index (κ3) is 2.78. The first-order valence-electron chi connectivity index (χ1n) is 7.23. The Morgan fingerprint density at radius 3 is 2.38 bits per heavy atom. The molecule has 1 aliphatic heterocycles. The van der Waals surface area contributed by atoms with Gasteiger partial charge in [-0.2, -0.15) is 0 Å². The fourth-order valence-corrected chi connectivity index (χ4v) is 3.42. The van der Waals surface area contributed by atoms with Gasteiger partial charge in [-0.1, -0.05) is 19.8 Å². The Morgan fingerprint density at radius 1 is 1.19 bits per heavy atom. The summed E-state index contributed by atoms with van der Waals surface area (Å²) < 4.78 is 0. The van der Waals surface area contributed by atoms with Gasteiger partial charge in [-0.05, 0) is 45.6 Å². The highest BCUT2D eigenvalue weighted by molar-refractivity contribution is 4.93. The van der Waals surface area contributed by atoms with Gasteiger partial charge >= 0.3 is 0 Å². The van der Waals surface area contributed by atoms with Gasteiger partial charge in [0.25, 0.3) is 0 Å². The lowest BCUT2D eigenvalue weighted by Crippen LogP contribution is -2.51. The number of nitrogens with one attached hydrogen (secondary N) is 1. The van der Waals surface area contributed by atoms with Crippen LogP contribution >= 0.6 is 0 Å². The van der Waals surface area contributed by atoms with Gasteiger partial charge < -0.3 is 5.32 Å². The number of piperidine rings is 1. The van der Waals surface area contributed by atoms with Crippen LogP contribution in [0.4, 0.5) is 0 Å². The lowest BCUT2D eigenvalue weighted by molar-refractivity contribution is 0.0742. The average Bonchev–Trinajstić information content (AvgIpc) is 2.75. The summed E-state index contributed by atoms with van der Waals surface area (Å²) in [6.07, 6.45) is 9.73. The summed E-state index contributed by atoms with van der Waals surface area (Å²) in [5, 5.41) is 3.67. The van der Waals surface area contributed by atoms with Gasteiger partial charge in [-0.25, -0.2) is 0 Å². The Labute approximate surface area is 101 Å². The molecule has 0 aromatic rings. The van der Waals surface area contributed by atoms with Crippen LogP contribution in [-0.2, 0) is 0 Å². The van der Waals surface area contributed by atoms with Crippen molar-refractivity contribution in [3.63, 3.8) is 0 Å². The van der Waals surface area contributed by atoms with E-state index < -0.39 is 0 Å². The molecule has 1 N–H and O–H groups in total. The Morgan fingerprint density at radius 2 is 1.81 bits per heavy atom. The van der Waals surface area contributed by atoms with Crippen LogP contribution in [0.15, 0.2) is 0 Å². The van der Waals surface area contributed by atoms with E-state index in [1.165, 1.54) is 64.6 Å². The zero-order valence-corrected chi connectivity index (χ0v) is 11.1. The van der Waals surface area contributed by atoms with Gasteiger partial charge in [-0.3, -0.25) is 4.90 Å². The second-order valence-corrected chi connectivity index (χ2v) is 5.92. The first-order valence-corrected chi connectivity index (χ1v) is 7.23. The minimum absolute atomic E-state index is 0.551. The topological polar surface area (TPSA) is 15.3 Å². The molecule has 94 valence electrons. The van der Waals surface area contributed by atoms with Crippen molar-refractivity contribution in [3.05, 3.63) is 0 Å². The minimum Gasteiger partial charge on any atom is -0.314 e. The Kier molecular flexibility index (Phi) is 4.26.